The van der Waals surface area contributed by atoms with Crippen LogP contribution in [0.15, 0.2) is 42.5 Å². The van der Waals surface area contributed by atoms with E-state index in [-0.39, 0.29) is 24.5 Å². The van der Waals surface area contributed by atoms with Gasteiger partial charge in [-0.25, -0.2) is 0 Å². The van der Waals surface area contributed by atoms with E-state index in [1.54, 1.807) is 14.2 Å². The van der Waals surface area contributed by atoms with E-state index in [0.29, 0.717) is 6.61 Å². The predicted octanol–water partition coefficient (Wildman–Crippen LogP) is 3.55. The zero-order chi connectivity index (χ0) is 17.8. The second kappa shape index (κ2) is 7.89. The largest absolute Gasteiger partial charge is 0.496 e. The Balaban J connectivity index is 1.85. The van der Waals surface area contributed by atoms with Crippen LogP contribution in [0.25, 0.3) is 0 Å². The lowest BCUT2D eigenvalue weighted by Crippen LogP contribution is -2.21. The molecular weight excluding hydrogens is 316 g/mol. The maximum Gasteiger partial charge on any atom is 0.125 e. The average molecular weight is 342 g/mol. The molecule has 1 unspecified atom stereocenters. The second-order valence-corrected chi connectivity index (χ2v) is 6.60. The lowest BCUT2D eigenvalue weighted by atomic mass is 9.84. The van der Waals surface area contributed by atoms with Crippen molar-refractivity contribution < 1.29 is 19.3 Å². The molecule has 0 aliphatic carbocycles. The standard InChI is InChI=1S/C21H26O4/c1-14-19(23-2)10-16(11-20(14)24-3)21-18(12-22)17(13-25-21)9-15-7-5-4-6-8-15/h4-8,10-11,17-18,21-22H,9,12-13H2,1-3H3/t17-,18-,21?/m0/s1. The number of rotatable bonds is 6. The van der Waals surface area contributed by atoms with E-state index in [4.69, 9.17) is 14.2 Å². The summed E-state index contributed by atoms with van der Waals surface area (Å²) in [6, 6.07) is 14.4. The van der Waals surface area contributed by atoms with Gasteiger partial charge in [0.25, 0.3) is 0 Å². The topological polar surface area (TPSA) is 47.9 Å². The molecule has 1 fully saturated rings. The summed E-state index contributed by atoms with van der Waals surface area (Å²) >= 11 is 0. The zero-order valence-electron chi connectivity index (χ0n) is 15.1. The summed E-state index contributed by atoms with van der Waals surface area (Å²) in [4.78, 5) is 0. The van der Waals surface area contributed by atoms with Crippen LogP contribution in [-0.4, -0.2) is 32.5 Å². The highest BCUT2D eigenvalue weighted by Gasteiger charge is 2.38. The number of aliphatic hydroxyl groups is 1. The normalized spacial score (nSPS) is 22.8. The van der Waals surface area contributed by atoms with Crippen LogP contribution in [0, 0.1) is 18.8 Å². The molecule has 2 aromatic rings. The van der Waals surface area contributed by atoms with Crippen LogP contribution in [0.1, 0.15) is 22.8 Å². The first-order valence-electron chi connectivity index (χ1n) is 8.66. The highest BCUT2D eigenvalue weighted by molar-refractivity contribution is 5.48. The van der Waals surface area contributed by atoms with Gasteiger partial charge in [0.05, 0.1) is 26.9 Å². The molecule has 0 spiro atoms. The van der Waals surface area contributed by atoms with E-state index in [0.717, 1.165) is 29.0 Å². The Labute approximate surface area is 149 Å². The summed E-state index contributed by atoms with van der Waals surface area (Å²) in [6.45, 7) is 2.71. The van der Waals surface area contributed by atoms with Gasteiger partial charge in [0, 0.05) is 18.1 Å². The molecule has 0 radical (unpaired) electrons. The zero-order valence-corrected chi connectivity index (χ0v) is 15.1. The van der Waals surface area contributed by atoms with Gasteiger partial charge >= 0.3 is 0 Å². The first kappa shape index (κ1) is 17.8. The lowest BCUT2D eigenvalue weighted by Gasteiger charge is -2.23. The molecule has 0 saturated carbocycles. The predicted molar refractivity (Wildman–Crippen MR) is 97.2 cm³/mol. The van der Waals surface area contributed by atoms with Crippen molar-refractivity contribution in [3.63, 3.8) is 0 Å². The Morgan fingerprint density at radius 2 is 1.72 bits per heavy atom. The van der Waals surface area contributed by atoms with Crippen LogP contribution in [-0.2, 0) is 11.2 Å². The van der Waals surface area contributed by atoms with Crippen LogP contribution in [0.5, 0.6) is 11.5 Å². The maximum absolute atomic E-state index is 10.0. The van der Waals surface area contributed by atoms with E-state index >= 15 is 0 Å². The van der Waals surface area contributed by atoms with Gasteiger partial charge < -0.3 is 19.3 Å². The van der Waals surface area contributed by atoms with Crippen molar-refractivity contribution >= 4 is 0 Å². The van der Waals surface area contributed by atoms with E-state index in [2.05, 4.69) is 12.1 Å². The van der Waals surface area contributed by atoms with Gasteiger partial charge in [-0.15, -0.1) is 0 Å². The van der Waals surface area contributed by atoms with Crippen molar-refractivity contribution in [1.82, 2.24) is 0 Å². The van der Waals surface area contributed by atoms with Gasteiger partial charge in [-0.05, 0) is 42.5 Å². The van der Waals surface area contributed by atoms with Crippen LogP contribution in [0.2, 0.25) is 0 Å². The van der Waals surface area contributed by atoms with Crippen LogP contribution in [0.4, 0.5) is 0 Å². The summed E-state index contributed by atoms with van der Waals surface area (Å²) in [5.41, 5.74) is 3.23. The summed E-state index contributed by atoms with van der Waals surface area (Å²) in [6.07, 6.45) is 0.755. The van der Waals surface area contributed by atoms with E-state index < -0.39 is 0 Å². The number of ether oxygens (including phenoxy) is 3. The summed E-state index contributed by atoms with van der Waals surface area (Å²) < 4.78 is 17.1. The number of hydrogen-bond donors (Lipinski definition) is 1. The third kappa shape index (κ3) is 3.65. The summed E-state index contributed by atoms with van der Waals surface area (Å²) in [5.74, 6) is 1.90. The first-order valence-corrected chi connectivity index (χ1v) is 8.66. The van der Waals surface area contributed by atoms with Crippen LogP contribution >= 0.6 is 0 Å². The molecule has 4 heteroatoms. The van der Waals surface area contributed by atoms with E-state index in [1.165, 1.54) is 5.56 Å². The fourth-order valence-electron chi connectivity index (χ4n) is 3.71. The van der Waals surface area contributed by atoms with E-state index in [1.807, 2.05) is 37.3 Å². The number of methoxy groups -OCH3 is 2. The Morgan fingerprint density at radius 1 is 1.08 bits per heavy atom. The number of hydrogen-bond acceptors (Lipinski definition) is 4. The monoisotopic (exact) mass is 342 g/mol. The SMILES string of the molecule is COc1cc(C2OC[C@H](Cc3ccccc3)[C@@H]2CO)cc(OC)c1C. The molecule has 1 aliphatic heterocycles. The van der Waals surface area contributed by atoms with Crippen molar-refractivity contribution in [3.05, 3.63) is 59.2 Å². The molecule has 1 aliphatic rings. The van der Waals surface area contributed by atoms with Crippen LogP contribution < -0.4 is 9.47 Å². The number of aliphatic hydroxyl groups excluding tert-OH is 1. The van der Waals surface area contributed by atoms with Gasteiger partial charge in [0.1, 0.15) is 11.5 Å². The fourth-order valence-corrected chi connectivity index (χ4v) is 3.71. The lowest BCUT2D eigenvalue weighted by molar-refractivity contribution is 0.0715. The highest BCUT2D eigenvalue weighted by Crippen LogP contribution is 2.42. The van der Waals surface area contributed by atoms with E-state index in [9.17, 15) is 5.11 Å². The minimum atomic E-state index is -0.151. The molecule has 1 N–H and O–H groups in total. The molecule has 0 amide bonds. The molecule has 1 heterocycles. The molecule has 4 nitrogen and oxygen atoms in total. The number of benzene rings is 2. The Morgan fingerprint density at radius 3 is 2.28 bits per heavy atom. The van der Waals surface area contributed by atoms with Gasteiger partial charge in [-0.3, -0.25) is 0 Å². The highest BCUT2D eigenvalue weighted by atomic mass is 16.5. The maximum atomic E-state index is 10.0. The molecular formula is C21H26O4. The smallest absolute Gasteiger partial charge is 0.125 e. The van der Waals surface area contributed by atoms with Gasteiger partial charge in [-0.1, -0.05) is 30.3 Å². The van der Waals surface area contributed by atoms with Crippen molar-refractivity contribution in [3.8, 4) is 11.5 Å². The third-order valence-electron chi connectivity index (χ3n) is 5.14. The molecule has 0 aromatic heterocycles. The van der Waals surface area contributed by atoms with Crippen molar-refractivity contribution in [2.24, 2.45) is 11.8 Å². The molecule has 0 bridgehead atoms. The summed E-state index contributed by atoms with van der Waals surface area (Å²) in [5, 5.41) is 10.0. The quantitative estimate of drug-likeness (QED) is 0.872. The molecule has 2 aromatic carbocycles. The Bertz CT molecular complexity index is 673. The Hall–Kier alpha value is -2.04. The van der Waals surface area contributed by atoms with Crippen molar-refractivity contribution in [1.29, 1.82) is 0 Å². The second-order valence-electron chi connectivity index (χ2n) is 6.60. The summed E-state index contributed by atoms with van der Waals surface area (Å²) in [7, 11) is 3.31. The fraction of sp³-hybridized carbons (Fsp3) is 0.429. The minimum Gasteiger partial charge on any atom is -0.496 e. The molecule has 3 rings (SSSR count). The molecule has 1 saturated heterocycles. The third-order valence-corrected chi connectivity index (χ3v) is 5.14. The van der Waals surface area contributed by atoms with Crippen molar-refractivity contribution in [2.45, 2.75) is 19.4 Å². The van der Waals surface area contributed by atoms with Gasteiger partial charge in [0.2, 0.25) is 0 Å². The van der Waals surface area contributed by atoms with Gasteiger partial charge in [0.15, 0.2) is 0 Å². The van der Waals surface area contributed by atoms with Crippen LogP contribution in [0.3, 0.4) is 0 Å². The minimum absolute atomic E-state index is 0.0531. The van der Waals surface area contributed by atoms with Gasteiger partial charge in [-0.2, -0.15) is 0 Å². The first-order chi connectivity index (χ1) is 12.2. The molecule has 3 atom stereocenters. The average Bonchev–Trinajstić information content (AvgIpc) is 3.05. The molecule has 134 valence electrons. The Kier molecular flexibility index (Phi) is 5.61. The van der Waals surface area contributed by atoms with Crippen molar-refractivity contribution in [2.75, 3.05) is 27.4 Å². The molecule has 25 heavy (non-hydrogen) atoms.